The van der Waals surface area contributed by atoms with E-state index in [1.54, 1.807) is 48.6 Å². The lowest BCUT2D eigenvalue weighted by atomic mass is 10.0. The number of phosphoric ester groups is 1. The molecule has 1 heterocycles. The number of aliphatic hydroxyl groups excluding tert-OH is 1. The van der Waals surface area contributed by atoms with Gasteiger partial charge in [0.05, 0.1) is 23.7 Å². The lowest BCUT2D eigenvalue weighted by Gasteiger charge is -2.19. The van der Waals surface area contributed by atoms with Crippen molar-refractivity contribution >= 4 is 43.1 Å². The smallest absolute Gasteiger partial charge is 0.390 e. The molecule has 1 aromatic carbocycles. The summed E-state index contributed by atoms with van der Waals surface area (Å²) in [5.74, 6) is 5.59. The third-order valence-electron chi connectivity index (χ3n) is 5.55. The van der Waals surface area contributed by atoms with Gasteiger partial charge in [0, 0.05) is 22.8 Å². The van der Waals surface area contributed by atoms with E-state index in [0.29, 0.717) is 21.9 Å². The maximum Gasteiger partial charge on any atom is 0.490 e. The molecule has 5 unspecified atom stereocenters. The summed E-state index contributed by atoms with van der Waals surface area (Å²) in [5.41, 5.74) is 2.13. The first-order chi connectivity index (χ1) is 20.4. The van der Waals surface area contributed by atoms with Crippen LogP contribution in [-0.4, -0.2) is 70.6 Å². The number of aliphatic hydroxyl groups is 1. The van der Waals surface area contributed by atoms with Crippen molar-refractivity contribution in [2.24, 2.45) is 0 Å². The largest absolute Gasteiger partial charge is 0.490 e. The Balaban J connectivity index is 1.48. The SMILES string of the molecule is Cc1ccc(S(=O)(=O)SCOCC#CC2=CC=CC=C(C3CC(O)C(COP(=O)(O)OP(=O)(O)OP(=O)(O)O)O3)C=C2)cc1. The zero-order valence-electron chi connectivity index (χ0n) is 22.8. The quantitative estimate of drug-likeness (QED) is 0.0649. The third-order valence-corrected chi connectivity index (χ3v) is 12.6. The van der Waals surface area contributed by atoms with Gasteiger partial charge in [0.1, 0.15) is 18.6 Å². The van der Waals surface area contributed by atoms with Crippen LogP contribution in [0.1, 0.15) is 12.0 Å². The number of ether oxygens (including phenoxy) is 2. The van der Waals surface area contributed by atoms with E-state index in [0.717, 1.165) is 5.56 Å². The number of benzene rings is 1. The van der Waals surface area contributed by atoms with Crippen molar-refractivity contribution in [3.8, 4) is 11.8 Å². The molecular weight excluding hydrogens is 685 g/mol. The van der Waals surface area contributed by atoms with E-state index in [9.17, 15) is 37.0 Å². The van der Waals surface area contributed by atoms with Crippen LogP contribution in [0.4, 0.5) is 0 Å². The summed E-state index contributed by atoms with van der Waals surface area (Å²) in [6.45, 7) is 1.05. The van der Waals surface area contributed by atoms with Crippen LogP contribution < -0.4 is 0 Å². The van der Waals surface area contributed by atoms with Gasteiger partial charge in [-0.3, -0.25) is 4.52 Å². The molecule has 1 saturated heterocycles. The second-order valence-corrected chi connectivity index (χ2v) is 17.3. The monoisotopic (exact) mass is 714 g/mol. The van der Waals surface area contributed by atoms with E-state index in [1.807, 2.05) is 6.92 Å². The number of rotatable bonds is 13. The maximum absolute atomic E-state index is 12.4. The van der Waals surface area contributed by atoms with E-state index < -0.39 is 57.3 Å². The number of phosphoric acid groups is 3. The van der Waals surface area contributed by atoms with Crippen LogP contribution in [-0.2, 0) is 45.2 Å². The first-order valence-corrected chi connectivity index (χ1v) is 19.9. The van der Waals surface area contributed by atoms with Gasteiger partial charge in [-0.15, -0.1) is 0 Å². The second kappa shape index (κ2) is 15.8. The Bertz CT molecular complexity index is 1620. The number of allylic oxidation sites excluding steroid dienone is 6. The molecule has 2 aliphatic rings. The summed E-state index contributed by atoms with van der Waals surface area (Å²) in [6.07, 6.45) is 7.18. The fourth-order valence-corrected chi connectivity index (χ4v) is 8.83. The average Bonchev–Trinajstić information content (AvgIpc) is 3.24. The minimum absolute atomic E-state index is 0.0246. The van der Waals surface area contributed by atoms with Crippen LogP contribution >= 0.6 is 34.3 Å². The second-order valence-electron chi connectivity index (χ2n) is 9.01. The molecule has 0 spiro atoms. The van der Waals surface area contributed by atoms with E-state index in [2.05, 4.69) is 25.0 Å². The fourth-order valence-electron chi connectivity index (χ4n) is 3.59. The van der Waals surface area contributed by atoms with Gasteiger partial charge in [0.15, 0.2) is 0 Å². The van der Waals surface area contributed by atoms with Crippen molar-refractivity contribution in [1.29, 1.82) is 0 Å². The molecule has 15 nitrogen and oxygen atoms in total. The Labute approximate surface area is 257 Å². The van der Waals surface area contributed by atoms with Crippen LogP contribution in [0.25, 0.3) is 0 Å². The molecule has 5 N–H and O–H groups in total. The molecule has 3 rings (SSSR count). The molecular formula is C24H29O15P3S2. The van der Waals surface area contributed by atoms with Crippen LogP contribution in [0, 0.1) is 18.8 Å². The lowest BCUT2D eigenvalue weighted by Crippen LogP contribution is -2.26. The molecule has 1 aliphatic heterocycles. The minimum Gasteiger partial charge on any atom is -0.390 e. The van der Waals surface area contributed by atoms with Crippen molar-refractivity contribution in [3.05, 3.63) is 77.4 Å². The highest BCUT2D eigenvalue weighted by molar-refractivity contribution is 8.72. The van der Waals surface area contributed by atoms with Gasteiger partial charge >= 0.3 is 23.5 Å². The molecule has 0 amide bonds. The Morgan fingerprint density at radius 2 is 1.68 bits per heavy atom. The first-order valence-electron chi connectivity index (χ1n) is 12.4. The van der Waals surface area contributed by atoms with Gasteiger partial charge in [-0.05, 0) is 36.8 Å². The highest BCUT2D eigenvalue weighted by Crippen LogP contribution is 2.66. The number of aryl methyl sites for hydroxylation is 1. The molecule has 0 aromatic heterocycles. The van der Waals surface area contributed by atoms with E-state index >= 15 is 0 Å². The summed E-state index contributed by atoms with van der Waals surface area (Å²) >= 11 is 0. The first kappa shape index (κ1) is 36.8. The van der Waals surface area contributed by atoms with Gasteiger partial charge in [-0.1, -0.05) is 53.8 Å². The Hall–Kier alpha value is -1.67. The van der Waals surface area contributed by atoms with E-state index in [-0.39, 0.29) is 23.9 Å². The van der Waals surface area contributed by atoms with Crippen molar-refractivity contribution in [3.63, 3.8) is 0 Å². The summed E-state index contributed by atoms with van der Waals surface area (Å²) in [5, 5.41) is 10.4. The molecule has 20 heteroatoms. The minimum atomic E-state index is -5.67. The standard InChI is InChI=1S/C24H29O15P3S2/c1-18-8-12-21(13-9-18)44(33,34)43-17-35-14-4-6-19-5-2-3-7-20(11-10-19)23-15-22(25)24(37-23)16-36-41(29,30)39-42(31,32)38-40(26,27)28/h2-3,5,7-13,22-25H,14-17H2,1H3,(H,29,30)(H,31,32)(H2,26,27,28). The van der Waals surface area contributed by atoms with Gasteiger partial charge in [0.25, 0.3) is 0 Å². The Morgan fingerprint density at radius 3 is 2.36 bits per heavy atom. The van der Waals surface area contributed by atoms with Crippen LogP contribution in [0.3, 0.4) is 0 Å². The molecule has 242 valence electrons. The zero-order valence-corrected chi connectivity index (χ0v) is 27.1. The van der Waals surface area contributed by atoms with Crippen LogP contribution in [0.5, 0.6) is 0 Å². The van der Waals surface area contributed by atoms with Crippen molar-refractivity contribution in [2.45, 2.75) is 36.6 Å². The van der Waals surface area contributed by atoms with Gasteiger partial charge in [-0.25, -0.2) is 22.1 Å². The fraction of sp³-hybridized carbons (Fsp3) is 0.333. The number of hydrogen-bond acceptors (Lipinski definition) is 12. The maximum atomic E-state index is 12.4. The van der Waals surface area contributed by atoms with E-state index in [4.69, 9.17) is 19.3 Å². The summed E-state index contributed by atoms with van der Waals surface area (Å²) in [6, 6.07) is 6.48. The molecule has 5 atom stereocenters. The van der Waals surface area contributed by atoms with E-state index in [1.165, 1.54) is 12.1 Å². The molecule has 0 saturated carbocycles. The van der Waals surface area contributed by atoms with Crippen molar-refractivity contribution in [1.82, 2.24) is 0 Å². The number of hydrogen-bond donors (Lipinski definition) is 5. The Kier molecular flexibility index (Phi) is 13.2. The lowest BCUT2D eigenvalue weighted by molar-refractivity contribution is -0.0121. The van der Waals surface area contributed by atoms with Gasteiger partial charge < -0.3 is 34.2 Å². The predicted molar refractivity (Wildman–Crippen MR) is 158 cm³/mol. The average molecular weight is 715 g/mol. The third kappa shape index (κ3) is 12.6. The molecule has 1 fully saturated rings. The van der Waals surface area contributed by atoms with Crippen molar-refractivity contribution < 1.29 is 69.4 Å². The van der Waals surface area contributed by atoms with Crippen molar-refractivity contribution in [2.75, 3.05) is 19.2 Å². The molecule has 0 bridgehead atoms. The highest BCUT2D eigenvalue weighted by atomic mass is 33.1. The summed E-state index contributed by atoms with van der Waals surface area (Å²) < 4.78 is 81.8. The van der Waals surface area contributed by atoms with Crippen LogP contribution in [0.15, 0.2) is 76.8 Å². The summed E-state index contributed by atoms with van der Waals surface area (Å²) in [7, 11) is -19.5. The molecule has 44 heavy (non-hydrogen) atoms. The molecule has 1 aromatic rings. The predicted octanol–water partition coefficient (Wildman–Crippen LogP) is 3.23. The Morgan fingerprint density at radius 1 is 1.00 bits per heavy atom. The summed E-state index contributed by atoms with van der Waals surface area (Å²) in [4.78, 5) is 36.2. The van der Waals surface area contributed by atoms with Gasteiger partial charge in [-0.2, -0.15) is 8.62 Å². The molecule has 0 radical (unpaired) electrons. The van der Waals surface area contributed by atoms with Gasteiger partial charge in [0.2, 0.25) is 8.87 Å². The molecule has 1 aliphatic carbocycles. The normalized spacial score (nSPS) is 23.4. The van der Waals surface area contributed by atoms with Crippen LogP contribution in [0.2, 0.25) is 0 Å². The highest BCUT2D eigenvalue weighted by Gasteiger charge is 2.42. The zero-order chi connectivity index (χ0) is 32.6. The topological polar surface area (TPSA) is 233 Å².